The van der Waals surface area contributed by atoms with E-state index in [0.717, 1.165) is 11.3 Å². The Balaban J connectivity index is 2.82. The lowest BCUT2D eigenvalue weighted by Gasteiger charge is -2.20. The molecule has 1 rings (SSSR count). The first kappa shape index (κ1) is 15.0. The maximum absolute atomic E-state index is 12.2. The molecule has 0 aliphatic heterocycles. The molecule has 0 saturated carbocycles. The van der Waals surface area contributed by atoms with Gasteiger partial charge in [0.1, 0.15) is 0 Å². The van der Waals surface area contributed by atoms with Crippen LogP contribution in [0.25, 0.3) is 0 Å². The van der Waals surface area contributed by atoms with Gasteiger partial charge in [-0.05, 0) is 37.6 Å². The minimum atomic E-state index is -0.0478. The summed E-state index contributed by atoms with van der Waals surface area (Å²) in [5, 5.41) is 6.64. The van der Waals surface area contributed by atoms with Gasteiger partial charge < -0.3 is 10.6 Å². The maximum Gasteiger partial charge on any atom is 0.229 e. The van der Waals surface area contributed by atoms with E-state index in [2.05, 4.69) is 10.6 Å². The highest BCUT2D eigenvalue weighted by Gasteiger charge is 2.21. The second kappa shape index (κ2) is 6.76. The van der Waals surface area contributed by atoms with Gasteiger partial charge in [0.25, 0.3) is 0 Å². The van der Waals surface area contributed by atoms with Crippen LogP contribution >= 0.6 is 11.6 Å². The number of anilines is 1. The van der Waals surface area contributed by atoms with E-state index in [1.165, 1.54) is 0 Å². The summed E-state index contributed by atoms with van der Waals surface area (Å²) < 4.78 is 0. The van der Waals surface area contributed by atoms with E-state index in [-0.39, 0.29) is 17.7 Å². The van der Waals surface area contributed by atoms with Gasteiger partial charge >= 0.3 is 0 Å². The molecule has 0 fully saturated rings. The van der Waals surface area contributed by atoms with Crippen LogP contribution in [0.15, 0.2) is 18.2 Å². The molecule has 18 heavy (non-hydrogen) atoms. The Morgan fingerprint density at radius 3 is 2.61 bits per heavy atom. The molecule has 1 unspecified atom stereocenters. The average Bonchev–Trinajstić information content (AvgIpc) is 2.30. The van der Waals surface area contributed by atoms with E-state index in [9.17, 15) is 4.79 Å². The third-order valence-electron chi connectivity index (χ3n) is 3.02. The van der Waals surface area contributed by atoms with Gasteiger partial charge in [-0.3, -0.25) is 4.79 Å². The Labute approximate surface area is 114 Å². The number of carbonyl (C=O) groups excluding carboxylic acids is 1. The lowest BCUT2D eigenvalue weighted by molar-refractivity contribution is -0.120. The van der Waals surface area contributed by atoms with Crippen LogP contribution in [-0.2, 0) is 4.79 Å². The molecule has 0 aromatic heterocycles. The zero-order chi connectivity index (χ0) is 13.7. The number of hydrogen-bond acceptors (Lipinski definition) is 2. The summed E-state index contributed by atoms with van der Waals surface area (Å²) >= 11 is 5.94. The third kappa shape index (κ3) is 4.00. The van der Waals surface area contributed by atoms with E-state index in [1.807, 2.05) is 40.0 Å². The molecular weight excluding hydrogens is 248 g/mol. The van der Waals surface area contributed by atoms with Crippen molar-refractivity contribution >= 4 is 23.2 Å². The molecule has 100 valence electrons. The van der Waals surface area contributed by atoms with Crippen LogP contribution in [-0.4, -0.2) is 19.5 Å². The fourth-order valence-corrected chi connectivity index (χ4v) is 1.98. The number of rotatable bonds is 5. The van der Waals surface area contributed by atoms with Gasteiger partial charge in [0.05, 0.1) is 5.92 Å². The van der Waals surface area contributed by atoms with Crippen molar-refractivity contribution < 1.29 is 4.79 Å². The van der Waals surface area contributed by atoms with E-state index in [1.54, 1.807) is 6.07 Å². The summed E-state index contributed by atoms with van der Waals surface area (Å²) in [7, 11) is 1.85. The number of amides is 1. The predicted octanol–water partition coefficient (Wildman–Crippen LogP) is 3.08. The number of benzene rings is 1. The number of halogens is 1. The first-order valence-corrected chi connectivity index (χ1v) is 6.55. The van der Waals surface area contributed by atoms with E-state index in [0.29, 0.717) is 11.6 Å². The Hall–Kier alpha value is -1.06. The summed E-state index contributed by atoms with van der Waals surface area (Å²) in [6.45, 7) is 6.72. The lowest BCUT2D eigenvalue weighted by Crippen LogP contribution is -2.34. The molecular formula is C14H21ClN2O. The topological polar surface area (TPSA) is 41.1 Å². The zero-order valence-corrected chi connectivity index (χ0v) is 12.1. The monoisotopic (exact) mass is 268 g/mol. The molecule has 0 bridgehead atoms. The molecule has 1 aromatic rings. The second-order valence-corrected chi connectivity index (χ2v) is 5.29. The van der Waals surface area contributed by atoms with Crippen LogP contribution < -0.4 is 10.6 Å². The molecule has 0 saturated heterocycles. The Morgan fingerprint density at radius 2 is 2.06 bits per heavy atom. The van der Waals surface area contributed by atoms with Gasteiger partial charge in [0.2, 0.25) is 5.91 Å². The van der Waals surface area contributed by atoms with Crippen molar-refractivity contribution in [1.82, 2.24) is 5.32 Å². The Bertz CT molecular complexity index is 418. The van der Waals surface area contributed by atoms with Crippen molar-refractivity contribution in [3.05, 3.63) is 28.8 Å². The van der Waals surface area contributed by atoms with Crippen LogP contribution in [0.1, 0.15) is 19.4 Å². The van der Waals surface area contributed by atoms with Crippen LogP contribution in [0.4, 0.5) is 5.69 Å². The fourth-order valence-electron chi connectivity index (χ4n) is 1.81. The van der Waals surface area contributed by atoms with Crippen molar-refractivity contribution in [2.45, 2.75) is 20.8 Å². The van der Waals surface area contributed by atoms with Gasteiger partial charge in [0, 0.05) is 17.3 Å². The largest absolute Gasteiger partial charge is 0.326 e. The van der Waals surface area contributed by atoms with Gasteiger partial charge in [-0.15, -0.1) is 0 Å². The van der Waals surface area contributed by atoms with Gasteiger partial charge in [-0.2, -0.15) is 0 Å². The Morgan fingerprint density at radius 1 is 1.39 bits per heavy atom. The van der Waals surface area contributed by atoms with E-state index >= 15 is 0 Å². The molecule has 1 amide bonds. The first-order chi connectivity index (χ1) is 8.45. The zero-order valence-electron chi connectivity index (χ0n) is 11.4. The van der Waals surface area contributed by atoms with Crippen molar-refractivity contribution in [1.29, 1.82) is 0 Å². The van der Waals surface area contributed by atoms with Crippen molar-refractivity contribution in [3.63, 3.8) is 0 Å². The second-order valence-electron chi connectivity index (χ2n) is 4.86. The molecule has 1 aromatic carbocycles. The van der Waals surface area contributed by atoms with Crippen LogP contribution in [0, 0.1) is 18.8 Å². The van der Waals surface area contributed by atoms with E-state index in [4.69, 9.17) is 11.6 Å². The number of hydrogen-bond donors (Lipinski definition) is 2. The average molecular weight is 269 g/mol. The lowest BCUT2D eigenvalue weighted by atomic mass is 9.94. The highest BCUT2D eigenvalue weighted by atomic mass is 35.5. The predicted molar refractivity (Wildman–Crippen MR) is 77.1 cm³/mol. The molecule has 0 aliphatic rings. The Kier molecular flexibility index (Phi) is 5.63. The summed E-state index contributed by atoms with van der Waals surface area (Å²) in [4.78, 5) is 12.2. The number of aryl methyl sites for hydroxylation is 1. The highest BCUT2D eigenvalue weighted by Crippen LogP contribution is 2.21. The number of nitrogens with one attached hydrogen (secondary N) is 2. The van der Waals surface area contributed by atoms with Crippen LogP contribution in [0.3, 0.4) is 0 Å². The normalized spacial score (nSPS) is 12.6. The fraction of sp³-hybridized carbons (Fsp3) is 0.500. The highest BCUT2D eigenvalue weighted by molar-refractivity contribution is 6.31. The van der Waals surface area contributed by atoms with Crippen molar-refractivity contribution in [2.75, 3.05) is 18.9 Å². The molecule has 0 radical (unpaired) electrons. The summed E-state index contributed by atoms with van der Waals surface area (Å²) in [5.41, 5.74) is 1.80. The maximum atomic E-state index is 12.2. The molecule has 0 aliphatic carbocycles. The molecule has 0 heterocycles. The summed E-state index contributed by atoms with van der Waals surface area (Å²) in [5.74, 6) is 0.273. The molecule has 1 atom stereocenters. The summed E-state index contributed by atoms with van der Waals surface area (Å²) in [6, 6.07) is 5.51. The minimum Gasteiger partial charge on any atom is -0.326 e. The smallest absolute Gasteiger partial charge is 0.229 e. The molecule has 3 nitrogen and oxygen atoms in total. The minimum absolute atomic E-state index is 0.0321. The third-order valence-corrected chi connectivity index (χ3v) is 3.26. The van der Waals surface area contributed by atoms with Gasteiger partial charge in [0.15, 0.2) is 0 Å². The van der Waals surface area contributed by atoms with E-state index < -0.39 is 0 Å². The van der Waals surface area contributed by atoms with Gasteiger partial charge in [-0.25, -0.2) is 0 Å². The molecule has 2 N–H and O–H groups in total. The molecule has 4 heteroatoms. The summed E-state index contributed by atoms with van der Waals surface area (Å²) in [6.07, 6.45) is 0. The standard InChI is InChI=1S/C14H21ClN2O/c1-9(2)12(8-16-4)14(18)17-13-7-11(15)6-5-10(13)3/h5-7,9,12,16H,8H2,1-4H3,(H,17,18). The van der Waals surface area contributed by atoms with Crippen LogP contribution in [0.2, 0.25) is 5.02 Å². The molecule has 0 spiro atoms. The van der Waals surface area contributed by atoms with Gasteiger partial charge in [-0.1, -0.05) is 31.5 Å². The quantitative estimate of drug-likeness (QED) is 0.862. The van der Waals surface area contributed by atoms with Crippen molar-refractivity contribution in [2.24, 2.45) is 11.8 Å². The van der Waals surface area contributed by atoms with Crippen LogP contribution in [0.5, 0.6) is 0 Å². The first-order valence-electron chi connectivity index (χ1n) is 6.17. The number of carbonyl (C=O) groups is 1. The SMILES string of the molecule is CNCC(C(=O)Nc1cc(Cl)ccc1C)C(C)C. The van der Waals surface area contributed by atoms with Crippen molar-refractivity contribution in [3.8, 4) is 0 Å².